The molecule has 1 unspecified atom stereocenters. The molecule has 19 heavy (non-hydrogen) atoms. The van der Waals surface area contributed by atoms with Crippen molar-refractivity contribution in [2.75, 3.05) is 6.54 Å². The highest BCUT2D eigenvalue weighted by atomic mass is 35.5. The monoisotopic (exact) mass is 333 g/mol. The second-order valence-corrected chi connectivity index (χ2v) is 6.38. The van der Waals surface area contributed by atoms with Crippen LogP contribution < -0.4 is 5.32 Å². The zero-order valence-electron chi connectivity index (χ0n) is 10.4. The van der Waals surface area contributed by atoms with E-state index in [2.05, 4.69) is 12.2 Å². The molecule has 1 N–H and O–H groups in total. The minimum absolute atomic E-state index is 0.177. The van der Waals surface area contributed by atoms with Crippen molar-refractivity contribution in [3.8, 4) is 0 Å². The van der Waals surface area contributed by atoms with Gasteiger partial charge in [-0.2, -0.15) is 0 Å². The van der Waals surface area contributed by atoms with Crippen LogP contribution in [0.4, 0.5) is 0 Å². The predicted octanol–water partition coefficient (Wildman–Crippen LogP) is 5.60. The molecule has 0 aliphatic rings. The zero-order valence-corrected chi connectivity index (χ0v) is 13.5. The molecule has 0 amide bonds. The first kappa shape index (κ1) is 15.1. The first-order chi connectivity index (χ1) is 9.11. The van der Waals surface area contributed by atoms with Gasteiger partial charge in [0.25, 0.3) is 0 Å². The van der Waals surface area contributed by atoms with E-state index < -0.39 is 0 Å². The Kier molecular flexibility index (Phi) is 5.55. The maximum atomic E-state index is 6.23. The SMILES string of the molecule is CCNC(Cc1ccc(Cl)cc1Cl)c1sccc1Cl. The van der Waals surface area contributed by atoms with Gasteiger partial charge in [0, 0.05) is 21.0 Å². The summed E-state index contributed by atoms with van der Waals surface area (Å²) in [5, 5.41) is 7.62. The van der Waals surface area contributed by atoms with Crippen molar-refractivity contribution in [3.63, 3.8) is 0 Å². The Bertz CT molecular complexity index is 553. The molecule has 1 heterocycles. The number of thiophene rings is 1. The molecule has 0 spiro atoms. The maximum absolute atomic E-state index is 6.23. The van der Waals surface area contributed by atoms with Gasteiger partial charge in [-0.05, 0) is 42.1 Å². The third kappa shape index (κ3) is 3.87. The van der Waals surface area contributed by atoms with Crippen LogP contribution in [0.25, 0.3) is 0 Å². The van der Waals surface area contributed by atoms with Crippen LogP contribution in [0.2, 0.25) is 15.1 Å². The molecule has 102 valence electrons. The first-order valence-electron chi connectivity index (χ1n) is 6.02. The molecule has 0 aliphatic heterocycles. The predicted molar refractivity (Wildman–Crippen MR) is 85.9 cm³/mol. The van der Waals surface area contributed by atoms with E-state index in [1.165, 1.54) is 0 Å². The number of halogens is 3. The van der Waals surface area contributed by atoms with Crippen LogP contribution in [-0.4, -0.2) is 6.54 Å². The van der Waals surface area contributed by atoms with Crippen LogP contribution >= 0.6 is 46.1 Å². The van der Waals surface area contributed by atoms with Crippen LogP contribution in [0.3, 0.4) is 0 Å². The lowest BCUT2D eigenvalue weighted by Gasteiger charge is -2.18. The third-order valence-electron chi connectivity index (χ3n) is 2.85. The Morgan fingerprint density at radius 3 is 2.53 bits per heavy atom. The summed E-state index contributed by atoms with van der Waals surface area (Å²) in [7, 11) is 0. The summed E-state index contributed by atoms with van der Waals surface area (Å²) >= 11 is 20.0. The van der Waals surface area contributed by atoms with E-state index in [1.807, 2.05) is 23.6 Å². The number of likely N-dealkylation sites (N-methyl/N-ethyl adjacent to an activating group) is 1. The molecule has 0 saturated heterocycles. The Morgan fingerprint density at radius 1 is 1.16 bits per heavy atom. The van der Waals surface area contributed by atoms with Crippen molar-refractivity contribution >= 4 is 46.1 Å². The number of hydrogen-bond donors (Lipinski definition) is 1. The molecular weight excluding hydrogens is 321 g/mol. The molecule has 1 atom stereocenters. The van der Waals surface area contributed by atoms with Crippen molar-refractivity contribution in [1.29, 1.82) is 0 Å². The molecule has 0 bridgehead atoms. The van der Waals surface area contributed by atoms with Gasteiger partial charge >= 0.3 is 0 Å². The molecule has 5 heteroatoms. The van der Waals surface area contributed by atoms with Gasteiger partial charge in [0.1, 0.15) is 0 Å². The summed E-state index contributed by atoms with van der Waals surface area (Å²) in [6.45, 7) is 2.96. The second-order valence-electron chi connectivity index (χ2n) is 4.18. The standard InChI is InChI=1S/C14H14Cl3NS/c1-2-18-13(14-11(16)5-6-19-14)7-9-3-4-10(15)8-12(9)17/h3-6,8,13,18H,2,7H2,1H3. The van der Waals surface area contributed by atoms with Gasteiger partial charge in [0.05, 0.1) is 5.02 Å². The van der Waals surface area contributed by atoms with Crippen molar-refractivity contribution in [2.24, 2.45) is 0 Å². The second kappa shape index (κ2) is 6.96. The zero-order chi connectivity index (χ0) is 13.8. The molecule has 0 saturated carbocycles. The Labute approximate surface area is 132 Å². The first-order valence-corrected chi connectivity index (χ1v) is 8.03. The lowest BCUT2D eigenvalue weighted by molar-refractivity contribution is 0.558. The molecule has 2 rings (SSSR count). The quantitative estimate of drug-likeness (QED) is 0.750. The fraction of sp³-hybridized carbons (Fsp3) is 0.286. The molecule has 0 aliphatic carbocycles. The molecule has 0 radical (unpaired) electrons. The lowest BCUT2D eigenvalue weighted by Crippen LogP contribution is -2.22. The smallest absolute Gasteiger partial charge is 0.0561 e. The van der Waals surface area contributed by atoms with Crippen molar-refractivity contribution in [2.45, 2.75) is 19.4 Å². The largest absolute Gasteiger partial charge is 0.309 e. The highest BCUT2D eigenvalue weighted by molar-refractivity contribution is 7.10. The topological polar surface area (TPSA) is 12.0 Å². The van der Waals surface area contributed by atoms with Crippen molar-refractivity contribution in [1.82, 2.24) is 5.32 Å². The van der Waals surface area contributed by atoms with Gasteiger partial charge in [0.15, 0.2) is 0 Å². The lowest BCUT2D eigenvalue weighted by atomic mass is 10.0. The van der Waals surface area contributed by atoms with E-state index >= 15 is 0 Å². The molecule has 1 aromatic carbocycles. The van der Waals surface area contributed by atoms with Crippen LogP contribution in [0.1, 0.15) is 23.4 Å². The summed E-state index contributed by atoms with van der Waals surface area (Å²) in [5.74, 6) is 0. The van der Waals surface area contributed by atoms with E-state index in [9.17, 15) is 0 Å². The van der Waals surface area contributed by atoms with Gasteiger partial charge in [0.2, 0.25) is 0 Å². The van der Waals surface area contributed by atoms with Gasteiger partial charge < -0.3 is 5.32 Å². The van der Waals surface area contributed by atoms with E-state index in [0.29, 0.717) is 10.0 Å². The maximum Gasteiger partial charge on any atom is 0.0561 e. The average molecular weight is 335 g/mol. The summed E-state index contributed by atoms with van der Waals surface area (Å²) in [6.07, 6.45) is 0.796. The highest BCUT2D eigenvalue weighted by Crippen LogP contribution is 2.32. The van der Waals surface area contributed by atoms with Crippen LogP contribution in [0.5, 0.6) is 0 Å². The normalized spacial score (nSPS) is 12.6. The fourth-order valence-electron chi connectivity index (χ4n) is 1.97. The molecular formula is C14H14Cl3NS. The molecule has 2 aromatic rings. The molecule has 1 nitrogen and oxygen atoms in total. The van der Waals surface area contributed by atoms with Gasteiger partial charge in [-0.15, -0.1) is 11.3 Å². The van der Waals surface area contributed by atoms with Crippen molar-refractivity contribution < 1.29 is 0 Å². The van der Waals surface area contributed by atoms with E-state index in [4.69, 9.17) is 34.8 Å². The van der Waals surface area contributed by atoms with E-state index in [-0.39, 0.29) is 6.04 Å². The van der Waals surface area contributed by atoms with Gasteiger partial charge in [-0.1, -0.05) is 47.8 Å². The number of benzene rings is 1. The minimum Gasteiger partial charge on any atom is -0.309 e. The van der Waals surface area contributed by atoms with Crippen molar-refractivity contribution in [3.05, 3.63) is 55.2 Å². The van der Waals surface area contributed by atoms with Crippen LogP contribution in [0.15, 0.2) is 29.6 Å². The minimum atomic E-state index is 0.177. The van der Waals surface area contributed by atoms with Crippen LogP contribution in [0, 0.1) is 0 Å². The number of hydrogen-bond acceptors (Lipinski definition) is 2. The summed E-state index contributed by atoms with van der Waals surface area (Å²) in [6, 6.07) is 7.71. The third-order valence-corrected chi connectivity index (χ3v) is 4.91. The number of nitrogens with one attached hydrogen (secondary N) is 1. The van der Waals surface area contributed by atoms with E-state index in [1.54, 1.807) is 17.4 Å². The Balaban J connectivity index is 2.24. The average Bonchev–Trinajstić information content (AvgIpc) is 2.78. The molecule has 0 fully saturated rings. The highest BCUT2D eigenvalue weighted by Gasteiger charge is 2.17. The van der Waals surface area contributed by atoms with Crippen LogP contribution in [-0.2, 0) is 6.42 Å². The summed E-state index contributed by atoms with van der Waals surface area (Å²) in [5.41, 5.74) is 1.07. The Morgan fingerprint density at radius 2 is 1.95 bits per heavy atom. The number of rotatable bonds is 5. The van der Waals surface area contributed by atoms with E-state index in [0.717, 1.165) is 28.4 Å². The Hall–Kier alpha value is -0.250. The van der Waals surface area contributed by atoms with Gasteiger partial charge in [-0.25, -0.2) is 0 Å². The summed E-state index contributed by atoms with van der Waals surface area (Å²) in [4.78, 5) is 1.15. The fourth-order valence-corrected chi connectivity index (χ4v) is 3.72. The molecule has 1 aromatic heterocycles. The summed E-state index contributed by atoms with van der Waals surface area (Å²) < 4.78 is 0. The van der Waals surface area contributed by atoms with Gasteiger partial charge in [-0.3, -0.25) is 0 Å².